The van der Waals surface area contributed by atoms with Crippen molar-refractivity contribution >= 4 is 0 Å². The molecule has 5 heteroatoms. The summed E-state index contributed by atoms with van der Waals surface area (Å²) in [5, 5.41) is 3.36. The van der Waals surface area contributed by atoms with Crippen LogP contribution >= 0.6 is 0 Å². The van der Waals surface area contributed by atoms with Crippen LogP contribution in [0.5, 0.6) is 5.75 Å². The average molecular weight is 300 g/mol. The van der Waals surface area contributed by atoms with E-state index in [1.165, 1.54) is 6.42 Å². The molecule has 1 aromatic carbocycles. The predicted molar refractivity (Wildman–Crippen MR) is 81.8 cm³/mol. The molecule has 1 N–H and O–H groups in total. The third-order valence-electron chi connectivity index (χ3n) is 3.47. The molecule has 0 saturated heterocycles. The van der Waals surface area contributed by atoms with Crippen LogP contribution in [0.4, 0.5) is 8.78 Å². The standard InChI is InChI=1S/C16H26F2N2O/c1-13(2)20(3)11-5-4-10-19-12-14-6-8-15(9-7-14)21-16(17)18/h6-9,13,16,19H,4-5,10-12H2,1-3H3. The van der Waals surface area contributed by atoms with Crippen LogP contribution in [-0.2, 0) is 6.54 Å². The highest BCUT2D eigenvalue weighted by Crippen LogP contribution is 2.14. The summed E-state index contributed by atoms with van der Waals surface area (Å²) in [4.78, 5) is 2.34. The Morgan fingerprint density at radius 1 is 1.14 bits per heavy atom. The van der Waals surface area contributed by atoms with Gasteiger partial charge < -0.3 is 15.0 Å². The number of nitrogens with one attached hydrogen (secondary N) is 1. The highest BCUT2D eigenvalue weighted by molar-refractivity contribution is 5.27. The van der Waals surface area contributed by atoms with Gasteiger partial charge in [0.05, 0.1) is 0 Å². The molecule has 1 aromatic rings. The molecule has 0 unspecified atom stereocenters. The van der Waals surface area contributed by atoms with Gasteiger partial charge in [-0.2, -0.15) is 8.78 Å². The van der Waals surface area contributed by atoms with Crippen LogP contribution in [0.3, 0.4) is 0 Å². The lowest BCUT2D eigenvalue weighted by Crippen LogP contribution is -2.27. The second-order valence-electron chi connectivity index (χ2n) is 5.48. The molecular weight excluding hydrogens is 274 g/mol. The van der Waals surface area contributed by atoms with E-state index in [9.17, 15) is 8.78 Å². The maximum atomic E-state index is 12.0. The highest BCUT2D eigenvalue weighted by Gasteiger charge is 2.04. The van der Waals surface area contributed by atoms with E-state index in [0.29, 0.717) is 6.04 Å². The first-order chi connectivity index (χ1) is 9.99. The SMILES string of the molecule is CC(C)N(C)CCCCNCc1ccc(OC(F)F)cc1. The van der Waals surface area contributed by atoms with E-state index in [1.807, 2.05) is 0 Å². The van der Waals surface area contributed by atoms with Crippen LogP contribution in [0.15, 0.2) is 24.3 Å². The summed E-state index contributed by atoms with van der Waals surface area (Å²) in [5.74, 6) is 0.200. The van der Waals surface area contributed by atoms with Crippen molar-refractivity contribution in [2.45, 2.75) is 45.9 Å². The Morgan fingerprint density at radius 2 is 1.81 bits per heavy atom. The van der Waals surface area contributed by atoms with Crippen LogP contribution in [0.1, 0.15) is 32.3 Å². The Labute approximate surface area is 126 Å². The summed E-state index contributed by atoms with van der Waals surface area (Å²) in [7, 11) is 2.14. The number of alkyl halides is 2. The maximum Gasteiger partial charge on any atom is 0.387 e. The number of benzene rings is 1. The van der Waals surface area contributed by atoms with Gasteiger partial charge in [0.1, 0.15) is 5.75 Å². The second-order valence-corrected chi connectivity index (χ2v) is 5.48. The Bertz CT molecular complexity index is 382. The number of rotatable bonds is 10. The molecule has 0 aromatic heterocycles. The van der Waals surface area contributed by atoms with Crippen molar-refractivity contribution in [2.24, 2.45) is 0 Å². The lowest BCUT2D eigenvalue weighted by molar-refractivity contribution is -0.0498. The lowest BCUT2D eigenvalue weighted by atomic mass is 10.2. The molecule has 0 bridgehead atoms. The normalized spacial score (nSPS) is 11.6. The molecule has 0 atom stereocenters. The van der Waals surface area contributed by atoms with E-state index in [-0.39, 0.29) is 5.75 Å². The maximum absolute atomic E-state index is 12.0. The fourth-order valence-corrected chi connectivity index (χ4v) is 1.89. The molecule has 0 amide bonds. The summed E-state index contributed by atoms with van der Waals surface area (Å²) >= 11 is 0. The minimum Gasteiger partial charge on any atom is -0.435 e. The third kappa shape index (κ3) is 7.97. The summed E-state index contributed by atoms with van der Waals surface area (Å²) in [6, 6.07) is 7.34. The third-order valence-corrected chi connectivity index (χ3v) is 3.47. The molecule has 3 nitrogen and oxygen atoms in total. The van der Waals surface area contributed by atoms with Gasteiger partial charge in [0, 0.05) is 12.6 Å². The van der Waals surface area contributed by atoms with Gasteiger partial charge in [0.15, 0.2) is 0 Å². The summed E-state index contributed by atoms with van der Waals surface area (Å²) < 4.78 is 28.3. The van der Waals surface area contributed by atoms with Gasteiger partial charge in [0.25, 0.3) is 0 Å². The molecule has 0 aliphatic heterocycles. The molecule has 0 spiro atoms. The Hall–Kier alpha value is -1.20. The molecule has 0 aliphatic rings. The fraction of sp³-hybridized carbons (Fsp3) is 0.625. The molecule has 0 saturated carbocycles. The van der Waals surface area contributed by atoms with Crippen molar-refractivity contribution in [2.75, 3.05) is 20.1 Å². The van der Waals surface area contributed by atoms with E-state index in [2.05, 4.69) is 35.8 Å². The summed E-state index contributed by atoms with van der Waals surface area (Å²) in [6.07, 6.45) is 2.30. The molecule has 0 radical (unpaired) electrons. The van der Waals surface area contributed by atoms with Crippen LogP contribution in [0.2, 0.25) is 0 Å². The summed E-state index contributed by atoms with van der Waals surface area (Å²) in [5.41, 5.74) is 1.07. The first-order valence-corrected chi connectivity index (χ1v) is 7.43. The van der Waals surface area contributed by atoms with Crippen molar-refractivity contribution in [3.63, 3.8) is 0 Å². The number of unbranched alkanes of at least 4 members (excludes halogenated alkanes) is 1. The molecule has 0 heterocycles. The van der Waals surface area contributed by atoms with Gasteiger partial charge in [-0.15, -0.1) is 0 Å². The Balaban J connectivity index is 2.12. The molecule has 21 heavy (non-hydrogen) atoms. The summed E-state index contributed by atoms with van der Waals surface area (Å²) in [6.45, 7) is 4.44. The van der Waals surface area contributed by atoms with Gasteiger partial charge in [-0.05, 0) is 64.5 Å². The topological polar surface area (TPSA) is 24.5 Å². The number of halogens is 2. The molecule has 120 valence electrons. The zero-order valence-electron chi connectivity index (χ0n) is 13.1. The van der Waals surface area contributed by atoms with E-state index in [0.717, 1.165) is 31.6 Å². The van der Waals surface area contributed by atoms with Gasteiger partial charge in [-0.25, -0.2) is 0 Å². The van der Waals surface area contributed by atoms with Gasteiger partial charge in [-0.1, -0.05) is 12.1 Å². The molecular formula is C16H26F2N2O. The van der Waals surface area contributed by atoms with E-state index < -0.39 is 6.61 Å². The average Bonchev–Trinajstić information content (AvgIpc) is 2.43. The van der Waals surface area contributed by atoms with Crippen LogP contribution in [0.25, 0.3) is 0 Å². The van der Waals surface area contributed by atoms with Crippen molar-refractivity contribution in [3.8, 4) is 5.75 Å². The lowest BCUT2D eigenvalue weighted by Gasteiger charge is -2.20. The highest BCUT2D eigenvalue weighted by atomic mass is 19.3. The number of hydrogen-bond acceptors (Lipinski definition) is 3. The smallest absolute Gasteiger partial charge is 0.387 e. The zero-order valence-corrected chi connectivity index (χ0v) is 13.1. The number of nitrogens with zero attached hydrogens (tertiary/aromatic N) is 1. The van der Waals surface area contributed by atoms with E-state index in [1.54, 1.807) is 24.3 Å². The Kier molecular flexibility index (Phi) is 8.23. The minimum atomic E-state index is -2.77. The first kappa shape index (κ1) is 17.9. The van der Waals surface area contributed by atoms with Crippen LogP contribution in [-0.4, -0.2) is 37.7 Å². The van der Waals surface area contributed by atoms with E-state index in [4.69, 9.17) is 0 Å². The van der Waals surface area contributed by atoms with E-state index >= 15 is 0 Å². The Morgan fingerprint density at radius 3 is 2.38 bits per heavy atom. The van der Waals surface area contributed by atoms with Crippen molar-refractivity contribution in [1.29, 1.82) is 0 Å². The van der Waals surface area contributed by atoms with Gasteiger partial charge in [0.2, 0.25) is 0 Å². The van der Waals surface area contributed by atoms with Crippen LogP contribution < -0.4 is 10.1 Å². The number of hydrogen-bond donors (Lipinski definition) is 1. The fourth-order valence-electron chi connectivity index (χ4n) is 1.89. The first-order valence-electron chi connectivity index (χ1n) is 7.43. The molecule has 0 aliphatic carbocycles. The zero-order chi connectivity index (χ0) is 15.7. The largest absolute Gasteiger partial charge is 0.435 e. The van der Waals surface area contributed by atoms with Gasteiger partial charge >= 0.3 is 6.61 Å². The van der Waals surface area contributed by atoms with Crippen molar-refractivity contribution in [1.82, 2.24) is 10.2 Å². The van der Waals surface area contributed by atoms with Gasteiger partial charge in [-0.3, -0.25) is 0 Å². The monoisotopic (exact) mass is 300 g/mol. The molecule has 1 rings (SSSR count). The molecule has 0 fully saturated rings. The predicted octanol–water partition coefficient (Wildman–Crippen LogP) is 3.50. The quantitative estimate of drug-likeness (QED) is 0.669. The second kappa shape index (κ2) is 9.68. The minimum absolute atomic E-state index is 0.200. The van der Waals surface area contributed by atoms with Crippen molar-refractivity contribution in [3.05, 3.63) is 29.8 Å². The van der Waals surface area contributed by atoms with Crippen LogP contribution in [0, 0.1) is 0 Å². The number of ether oxygens (including phenoxy) is 1. The van der Waals surface area contributed by atoms with Crippen molar-refractivity contribution < 1.29 is 13.5 Å².